The first-order valence-corrected chi connectivity index (χ1v) is 14.1. The summed E-state index contributed by atoms with van der Waals surface area (Å²) in [5.74, 6) is -0.485. The van der Waals surface area contributed by atoms with Gasteiger partial charge < -0.3 is 9.21 Å². The van der Waals surface area contributed by atoms with Crippen molar-refractivity contribution in [3.63, 3.8) is 0 Å². The van der Waals surface area contributed by atoms with Crippen LogP contribution in [0.15, 0.2) is 48.7 Å². The third-order valence-corrected chi connectivity index (χ3v) is 8.44. The van der Waals surface area contributed by atoms with Gasteiger partial charge in [0.15, 0.2) is 0 Å². The Morgan fingerprint density at radius 3 is 2.12 bits per heavy atom. The maximum atomic E-state index is 14.0. The number of carbonyl (C=O) groups is 2. The Morgan fingerprint density at radius 2 is 1.53 bits per heavy atom. The summed E-state index contributed by atoms with van der Waals surface area (Å²) in [5, 5.41) is 0. The Morgan fingerprint density at radius 1 is 0.930 bits per heavy atom. The van der Waals surface area contributed by atoms with Gasteiger partial charge in [0.05, 0.1) is 34.2 Å². The lowest BCUT2D eigenvalue weighted by Gasteiger charge is -2.32. The number of Topliss-reactive ketones (excluding diaryl/α,β-unsaturated/α-hetero) is 1. The highest BCUT2D eigenvalue weighted by atomic mass is 32.2. The van der Waals surface area contributed by atoms with E-state index in [1.807, 2.05) is 4.31 Å². The summed E-state index contributed by atoms with van der Waals surface area (Å²) < 4.78 is 97.3. The van der Waals surface area contributed by atoms with Crippen molar-refractivity contribution in [3.8, 4) is 11.1 Å². The molecule has 2 aromatic carbocycles. The predicted octanol–water partition coefficient (Wildman–Crippen LogP) is 7.99. The van der Waals surface area contributed by atoms with E-state index in [0.29, 0.717) is 54.0 Å². The maximum Gasteiger partial charge on any atom is 0.416 e. The number of aromatic nitrogens is 1. The molecule has 230 valence electrons. The molecule has 0 aliphatic carbocycles. The zero-order chi connectivity index (χ0) is 31.9. The lowest BCUT2D eigenvalue weighted by molar-refractivity contribution is -0.143. The number of likely N-dealkylation sites (N-methyl/N-ethyl adjacent to an activating group) is 1. The van der Waals surface area contributed by atoms with Crippen LogP contribution >= 0.6 is 11.9 Å². The number of carbonyl (C=O) groups excluding carboxylic acids is 2. The first kappa shape index (κ1) is 32.3. The van der Waals surface area contributed by atoms with E-state index in [9.17, 15) is 40.3 Å². The Bertz CT molecular complexity index is 1520. The molecule has 1 aliphatic heterocycles. The van der Waals surface area contributed by atoms with E-state index in [1.54, 1.807) is 13.0 Å². The highest BCUT2D eigenvalue weighted by Crippen LogP contribution is 2.41. The van der Waals surface area contributed by atoms with Gasteiger partial charge in [-0.3, -0.25) is 9.59 Å². The summed E-state index contributed by atoms with van der Waals surface area (Å²) >= 11 is 1.28. The van der Waals surface area contributed by atoms with Crippen LogP contribution in [0.4, 0.5) is 42.2 Å². The first-order chi connectivity index (χ1) is 19.9. The number of rotatable bonds is 5. The second-order valence-electron chi connectivity index (χ2n) is 10.8. The Hall–Kier alpha value is -3.61. The van der Waals surface area contributed by atoms with Gasteiger partial charge in [-0.05, 0) is 92.2 Å². The van der Waals surface area contributed by atoms with Crippen molar-refractivity contribution >= 4 is 35.1 Å². The van der Waals surface area contributed by atoms with Crippen LogP contribution in [0.2, 0.25) is 0 Å². The Kier molecular flexibility index (Phi) is 8.88. The maximum absolute atomic E-state index is 14.0. The molecule has 0 spiro atoms. The molecule has 0 unspecified atom stereocenters. The predicted molar refractivity (Wildman–Crippen MR) is 151 cm³/mol. The zero-order valence-electron chi connectivity index (χ0n) is 23.7. The van der Waals surface area contributed by atoms with Crippen LogP contribution in [0.1, 0.15) is 48.9 Å². The second kappa shape index (κ2) is 11.8. The number of aryl methyl sites for hydroxylation is 1. The van der Waals surface area contributed by atoms with Gasteiger partial charge in [0.25, 0.3) is 0 Å². The minimum absolute atomic E-state index is 0.0141. The van der Waals surface area contributed by atoms with Gasteiger partial charge in [-0.15, -0.1) is 0 Å². The molecular formula is C30H28F7N3O2S. The van der Waals surface area contributed by atoms with E-state index in [1.165, 1.54) is 57.2 Å². The third-order valence-electron chi connectivity index (χ3n) is 7.31. The van der Waals surface area contributed by atoms with Gasteiger partial charge >= 0.3 is 12.4 Å². The molecule has 0 radical (unpaired) electrons. The zero-order valence-corrected chi connectivity index (χ0v) is 24.5. The molecule has 2 heterocycles. The molecule has 1 aliphatic rings. The highest BCUT2D eigenvalue weighted by Gasteiger charge is 2.41. The standard InChI is InChI=1S/C30H28F7N3O2S/c1-17-10-21(31)7-8-23(17)24-14-26(40-9-5-6-22(41)16-43-40)38-15-25(24)39(4)27(42)28(2,3)18-11-19(29(32,33)34)13-20(12-18)30(35,36)37/h7-8,10-15H,5-6,9,16H2,1-4H3. The second-order valence-corrected chi connectivity index (χ2v) is 11.8. The van der Waals surface area contributed by atoms with Gasteiger partial charge in [-0.2, -0.15) is 26.3 Å². The molecule has 43 heavy (non-hydrogen) atoms. The quantitative estimate of drug-likeness (QED) is 0.212. The Balaban J connectivity index is 1.82. The van der Waals surface area contributed by atoms with Crippen molar-refractivity contribution in [3.05, 3.63) is 76.7 Å². The van der Waals surface area contributed by atoms with E-state index in [-0.39, 0.29) is 23.3 Å². The summed E-state index contributed by atoms with van der Waals surface area (Å²) in [7, 11) is 1.35. The molecule has 5 nitrogen and oxygen atoms in total. The number of nitrogens with zero attached hydrogens (tertiary/aromatic N) is 3. The summed E-state index contributed by atoms with van der Waals surface area (Å²) in [4.78, 5) is 31.4. The number of benzene rings is 2. The number of hydrogen-bond acceptors (Lipinski definition) is 5. The topological polar surface area (TPSA) is 53.5 Å². The molecule has 0 bridgehead atoms. The largest absolute Gasteiger partial charge is 0.416 e. The first-order valence-electron chi connectivity index (χ1n) is 13.2. The molecule has 1 fully saturated rings. The smallest absolute Gasteiger partial charge is 0.313 e. The van der Waals surface area contributed by atoms with E-state index < -0.39 is 46.2 Å². The van der Waals surface area contributed by atoms with Crippen LogP contribution in [-0.4, -0.2) is 36.0 Å². The SMILES string of the molecule is Cc1cc(F)ccc1-c1cc(N2CCCC(=O)CS2)ncc1N(C)C(=O)C(C)(C)c1cc(C(F)(F)F)cc(C(F)(F)F)c1. The number of amides is 1. The van der Waals surface area contributed by atoms with Gasteiger partial charge in [0, 0.05) is 25.6 Å². The van der Waals surface area contributed by atoms with Crippen molar-refractivity contribution in [2.45, 2.75) is 51.4 Å². The number of anilines is 2. The fourth-order valence-electron chi connectivity index (χ4n) is 4.84. The van der Waals surface area contributed by atoms with Crippen molar-refractivity contribution in [1.82, 2.24) is 4.98 Å². The lowest BCUT2D eigenvalue weighted by atomic mass is 9.81. The van der Waals surface area contributed by atoms with Gasteiger partial charge in [-0.25, -0.2) is 9.37 Å². The lowest BCUT2D eigenvalue weighted by Crippen LogP contribution is -2.42. The average molecular weight is 628 g/mol. The minimum atomic E-state index is -5.08. The number of alkyl halides is 6. The van der Waals surface area contributed by atoms with Crippen LogP contribution in [0, 0.1) is 12.7 Å². The monoisotopic (exact) mass is 627 g/mol. The summed E-state index contributed by atoms with van der Waals surface area (Å²) in [6.07, 6.45) is -7.76. The van der Waals surface area contributed by atoms with Crippen LogP contribution in [0.3, 0.4) is 0 Å². The molecule has 0 atom stereocenters. The third kappa shape index (κ3) is 6.97. The minimum Gasteiger partial charge on any atom is -0.313 e. The number of pyridine rings is 1. The molecule has 0 N–H and O–H groups in total. The summed E-state index contributed by atoms with van der Waals surface area (Å²) in [5.41, 5.74) is -3.67. The van der Waals surface area contributed by atoms with Crippen LogP contribution < -0.4 is 9.21 Å². The van der Waals surface area contributed by atoms with Crippen LogP contribution in [0.5, 0.6) is 0 Å². The average Bonchev–Trinajstić information content (AvgIpc) is 3.15. The number of ketones is 1. The fraction of sp³-hybridized carbons (Fsp3) is 0.367. The van der Waals surface area contributed by atoms with Crippen molar-refractivity contribution in [2.75, 3.05) is 28.6 Å². The summed E-state index contributed by atoms with van der Waals surface area (Å²) in [6, 6.07) is 6.82. The normalized spacial score (nSPS) is 15.0. The van der Waals surface area contributed by atoms with Crippen molar-refractivity contribution < 1.29 is 40.3 Å². The molecular weight excluding hydrogens is 599 g/mol. The van der Waals surface area contributed by atoms with E-state index in [4.69, 9.17) is 0 Å². The van der Waals surface area contributed by atoms with E-state index in [2.05, 4.69) is 4.98 Å². The van der Waals surface area contributed by atoms with Gasteiger partial charge in [-0.1, -0.05) is 6.07 Å². The van der Waals surface area contributed by atoms with E-state index in [0.717, 1.165) is 4.90 Å². The molecule has 1 saturated heterocycles. The van der Waals surface area contributed by atoms with Gasteiger partial charge in [0.2, 0.25) is 5.91 Å². The summed E-state index contributed by atoms with van der Waals surface area (Å²) in [6.45, 7) is 4.67. The highest BCUT2D eigenvalue weighted by molar-refractivity contribution is 8.01. The van der Waals surface area contributed by atoms with Crippen molar-refractivity contribution in [1.29, 1.82) is 0 Å². The number of halogens is 7. The molecule has 3 aromatic rings. The molecule has 1 amide bonds. The van der Waals surface area contributed by atoms with Crippen molar-refractivity contribution in [2.24, 2.45) is 0 Å². The molecule has 1 aromatic heterocycles. The molecule has 0 saturated carbocycles. The Labute approximate surface area is 248 Å². The van der Waals surface area contributed by atoms with Crippen LogP contribution in [0.25, 0.3) is 11.1 Å². The fourth-order valence-corrected chi connectivity index (χ4v) is 5.78. The number of hydrogen-bond donors (Lipinski definition) is 0. The molecule has 13 heteroatoms. The van der Waals surface area contributed by atoms with E-state index >= 15 is 0 Å². The van der Waals surface area contributed by atoms with Crippen LogP contribution in [-0.2, 0) is 27.4 Å². The van der Waals surface area contributed by atoms with Gasteiger partial charge in [0.1, 0.15) is 17.4 Å². The molecule has 4 rings (SSSR count).